The Balaban J connectivity index is 1.23. The Morgan fingerprint density at radius 1 is 1.02 bits per heavy atom. The van der Waals surface area contributed by atoms with Crippen LogP contribution in [0.1, 0.15) is 72.8 Å². The molecule has 0 spiro atoms. The van der Waals surface area contributed by atoms with E-state index in [9.17, 15) is 18.8 Å². The molecule has 3 atom stereocenters. The van der Waals surface area contributed by atoms with Gasteiger partial charge in [-0.05, 0) is 81.5 Å². The Morgan fingerprint density at radius 2 is 1.78 bits per heavy atom. The first-order chi connectivity index (χ1) is 19.7. The van der Waals surface area contributed by atoms with Gasteiger partial charge < -0.3 is 15.1 Å². The number of ketones is 1. The second kappa shape index (κ2) is 13.4. The minimum atomic E-state index is -0.355. The fourth-order valence-corrected chi connectivity index (χ4v) is 7.72. The third-order valence-corrected chi connectivity index (χ3v) is 10.1. The summed E-state index contributed by atoms with van der Waals surface area (Å²) in [7, 11) is 0. The average molecular weight is 584 g/mol. The number of hydrogen-bond donors (Lipinski definition) is 2. The monoisotopic (exact) mass is 583 g/mol. The zero-order valence-electron chi connectivity index (χ0n) is 24.2. The predicted molar refractivity (Wildman–Crippen MR) is 159 cm³/mol. The number of carbonyl (C=O) groups excluding carboxylic acids is 3. The Labute approximate surface area is 246 Å². The molecular weight excluding hydrogens is 541 g/mol. The van der Waals surface area contributed by atoms with Crippen LogP contribution in [0.5, 0.6) is 0 Å². The van der Waals surface area contributed by atoms with Crippen LogP contribution in [0.2, 0.25) is 0 Å². The number of halogens is 1. The number of urea groups is 1. The quantitative estimate of drug-likeness (QED) is 0.413. The van der Waals surface area contributed by atoms with Crippen LogP contribution in [0, 0.1) is 30.5 Å². The van der Waals surface area contributed by atoms with Crippen molar-refractivity contribution >= 4 is 34.2 Å². The Kier molecular flexibility index (Phi) is 9.70. The van der Waals surface area contributed by atoms with Crippen LogP contribution in [0.15, 0.2) is 24.3 Å². The molecule has 3 amide bonds. The lowest BCUT2D eigenvalue weighted by Gasteiger charge is -2.43. The third-order valence-electron chi connectivity index (χ3n) is 8.96. The van der Waals surface area contributed by atoms with Crippen LogP contribution in [0.4, 0.5) is 14.3 Å². The predicted octanol–water partition coefficient (Wildman–Crippen LogP) is 5.28. The fourth-order valence-electron chi connectivity index (χ4n) is 6.86. The van der Waals surface area contributed by atoms with Gasteiger partial charge in [0.05, 0.1) is 16.6 Å². The second-order valence-electron chi connectivity index (χ2n) is 12.1. The molecule has 1 aliphatic carbocycles. The van der Waals surface area contributed by atoms with Crippen LogP contribution in [-0.2, 0) is 11.2 Å². The van der Waals surface area contributed by atoms with E-state index in [0.29, 0.717) is 28.2 Å². The van der Waals surface area contributed by atoms with Gasteiger partial charge in [-0.2, -0.15) is 0 Å². The number of hydrogen-bond acceptors (Lipinski definition) is 6. The highest BCUT2D eigenvalue weighted by Gasteiger charge is 2.37. The molecule has 10 heteroatoms. The third kappa shape index (κ3) is 7.71. The molecule has 41 heavy (non-hydrogen) atoms. The number of anilines is 1. The van der Waals surface area contributed by atoms with E-state index in [0.717, 1.165) is 77.5 Å². The lowest BCUT2D eigenvalue weighted by atomic mass is 9.87. The van der Waals surface area contributed by atoms with E-state index < -0.39 is 0 Å². The summed E-state index contributed by atoms with van der Waals surface area (Å²) in [5, 5.41) is 6.40. The number of aromatic nitrogens is 1. The topological polar surface area (TPSA) is 94.6 Å². The highest BCUT2D eigenvalue weighted by atomic mass is 32.1. The Bertz CT molecular complexity index is 1230. The first-order valence-electron chi connectivity index (χ1n) is 15.1. The molecule has 0 bridgehead atoms. The number of benzene rings is 1. The van der Waals surface area contributed by atoms with Crippen LogP contribution >= 0.6 is 11.3 Å². The molecule has 0 radical (unpaired) electrons. The van der Waals surface area contributed by atoms with Crippen molar-refractivity contribution in [1.29, 1.82) is 0 Å². The first kappa shape index (κ1) is 29.6. The van der Waals surface area contributed by atoms with Crippen LogP contribution < -0.4 is 10.6 Å². The second-order valence-corrected chi connectivity index (χ2v) is 13.1. The molecule has 3 fully saturated rings. The summed E-state index contributed by atoms with van der Waals surface area (Å²) in [6.45, 7) is 7.35. The highest BCUT2D eigenvalue weighted by Crippen LogP contribution is 2.30. The molecule has 8 nitrogen and oxygen atoms in total. The number of nitrogens with one attached hydrogen (secondary N) is 2. The first-order valence-corrected chi connectivity index (χ1v) is 15.9. The number of rotatable bonds is 8. The molecule has 1 saturated carbocycles. The summed E-state index contributed by atoms with van der Waals surface area (Å²) >= 11 is 1.18. The summed E-state index contributed by atoms with van der Waals surface area (Å²) in [5.41, 5.74) is 1.78. The van der Waals surface area contributed by atoms with Crippen molar-refractivity contribution in [1.82, 2.24) is 20.1 Å². The van der Waals surface area contributed by atoms with Gasteiger partial charge in [-0.3, -0.25) is 14.9 Å². The molecule has 3 aliphatic rings. The highest BCUT2D eigenvalue weighted by molar-refractivity contribution is 7.17. The maximum atomic E-state index is 13.4. The molecule has 2 N–H and O–H groups in total. The van der Waals surface area contributed by atoms with E-state index in [1.807, 2.05) is 17.0 Å². The minimum absolute atomic E-state index is 0.0684. The van der Waals surface area contributed by atoms with Crippen molar-refractivity contribution in [3.05, 3.63) is 46.2 Å². The Hall–Kier alpha value is -2.85. The standard InChI is InChI=1S/C31H42FN5O3S/c1-20-28(21(2)38)41-31(33-20)35-30(40)34-27-19-37(29(39)24-7-3-4-8-24)15-13-25(27)18-36-14-5-6-23(17-36)16-22-9-11-26(32)12-10-22/h9-12,23-25,27H,3-8,13-19H2,1-2H3,(H2,33,34,35,40)/t23-,25-,27+/m0/s1. The maximum Gasteiger partial charge on any atom is 0.321 e. The van der Waals surface area contributed by atoms with Gasteiger partial charge in [-0.1, -0.05) is 36.3 Å². The van der Waals surface area contributed by atoms with E-state index in [1.165, 1.54) is 36.0 Å². The number of likely N-dealkylation sites (tertiary alicyclic amines) is 2. The summed E-state index contributed by atoms with van der Waals surface area (Å²) in [4.78, 5) is 47.6. The van der Waals surface area contributed by atoms with Gasteiger partial charge in [-0.15, -0.1) is 0 Å². The minimum Gasteiger partial charge on any atom is -0.340 e. The summed E-state index contributed by atoms with van der Waals surface area (Å²) in [5.74, 6) is 0.788. The number of amides is 3. The molecule has 0 unspecified atom stereocenters. The lowest BCUT2D eigenvalue weighted by Crippen LogP contribution is -2.58. The molecule has 1 aromatic carbocycles. The Morgan fingerprint density at radius 3 is 2.49 bits per heavy atom. The molecule has 222 valence electrons. The van der Waals surface area contributed by atoms with Crippen molar-refractivity contribution in [2.24, 2.45) is 17.8 Å². The smallest absolute Gasteiger partial charge is 0.321 e. The SMILES string of the molecule is CC(=O)c1sc(NC(=O)N[C@@H]2CN(C(=O)C3CCCC3)CC[C@H]2CN2CCC[C@@H](Cc3ccc(F)cc3)C2)nc1C. The number of aryl methyl sites for hydroxylation is 1. The van der Waals surface area contributed by atoms with Crippen molar-refractivity contribution < 1.29 is 18.8 Å². The zero-order valence-corrected chi connectivity index (χ0v) is 25.0. The van der Waals surface area contributed by atoms with E-state index in [4.69, 9.17) is 0 Å². The van der Waals surface area contributed by atoms with Crippen molar-refractivity contribution in [3.63, 3.8) is 0 Å². The van der Waals surface area contributed by atoms with Gasteiger partial charge in [0.25, 0.3) is 0 Å². The number of piperidine rings is 2. The largest absolute Gasteiger partial charge is 0.340 e. The van der Waals surface area contributed by atoms with Crippen LogP contribution in [0.25, 0.3) is 0 Å². The summed E-state index contributed by atoms with van der Waals surface area (Å²) < 4.78 is 13.4. The van der Waals surface area contributed by atoms with Crippen molar-refractivity contribution in [3.8, 4) is 0 Å². The lowest BCUT2D eigenvalue weighted by molar-refractivity contribution is -0.137. The zero-order chi connectivity index (χ0) is 28.9. The van der Waals surface area contributed by atoms with Gasteiger partial charge in [0.15, 0.2) is 10.9 Å². The van der Waals surface area contributed by atoms with E-state index in [1.54, 1.807) is 6.92 Å². The number of carbonyl (C=O) groups is 3. The van der Waals surface area contributed by atoms with Gasteiger partial charge in [0, 0.05) is 39.0 Å². The van der Waals surface area contributed by atoms with Crippen LogP contribution in [-0.4, -0.2) is 71.3 Å². The maximum absolute atomic E-state index is 13.4. The average Bonchev–Trinajstić information content (AvgIpc) is 3.61. The number of nitrogens with zero attached hydrogens (tertiary/aromatic N) is 3. The summed E-state index contributed by atoms with van der Waals surface area (Å²) in [6, 6.07) is 6.30. The van der Waals surface area contributed by atoms with Crippen molar-refractivity contribution in [2.75, 3.05) is 38.0 Å². The molecule has 2 saturated heterocycles. The molecule has 2 aliphatic heterocycles. The van der Waals surface area contributed by atoms with Gasteiger partial charge in [0.2, 0.25) is 5.91 Å². The normalized spacial score (nSPS) is 23.9. The summed E-state index contributed by atoms with van der Waals surface area (Å²) in [6.07, 6.45) is 8.19. The van der Waals surface area contributed by atoms with Crippen molar-refractivity contribution in [2.45, 2.75) is 71.3 Å². The molecule has 3 heterocycles. The number of Topliss-reactive ketones (excluding diaryl/α,β-unsaturated/α-hetero) is 1. The van der Waals surface area contributed by atoms with Crippen LogP contribution in [0.3, 0.4) is 0 Å². The van der Waals surface area contributed by atoms with E-state index in [-0.39, 0.29) is 41.4 Å². The van der Waals surface area contributed by atoms with E-state index >= 15 is 0 Å². The van der Waals surface area contributed by atoms with E-state index in [2.05, 4.69) is 20.5 Å². The van der Waals surface area contributed by atoms with Gasteiger partial charge in [0.1, 0.15) is 5.82 Å². The number of thiazole rings is 1. The van der Waals surface area contributed by atoms with Gasteiger partial charge in [-0.25, -0.2) is 14.2 Å². The molecule has 5 rings (SSSR count). The van der Waals surface area contributed by atoms with Gasteiger partial charge >= 0.3 is 6.03 Å². The molecule has 1 aromatic heterocycles. The molecular formula is C31H42FN5O3S. The molecule has 2 aromatic rings. The fraction of sp³-hybridized carbons (Fsp3) is 0.613.